The van der Waals surface area contributed by atoms with Crippen molar-refractivity contribution in [1.29, 1.82) is 0 Å². The van der Waals surface area contributed by atoms with Crippen LogP contribution in [0.4, 0.5) is 23.7 Å². The van der Waals surface area contributed by atoms with Gasteiger partial charge in [-0.05, 0) is 49.6 Å². The largest absolute Gasteiger partial charge is 0.459 e. The number of hydrogen-bond donors (Lipinski definition) is 1. The lowest BCUT2D eigenvalue weighted by atomic mass is 10.00. The molecular weight excluding hydrogens is 513 g/mol. The number of fused-ring (bicyclic) bond motifs is 1. The topological polar surface area (TPSA) is 45.5 Å². The number of nitrogens with one attached hydrogen (secondary N) is 1. The summed E-state index contributed by atoms with van der Waals surface area (Å²) in [6, 6.07) is 13.6. The van der Waals surface area contributed by atoms with Gasteiger partial charge in [-0.1, -0.05) is 61.0 Å². The summed E-state index contributed by atoms with van der Waals surface area (Å²) in [5, 5.41) is 3.87. The third kappa shape index (κ3) is 5.53. The van der Waals surface area contributed by atoms with E-state index in [1.165, 1.54) is 0 Å². The van der Waals surface area contributed by atoms with Crippen molar-refractivity contribution in [1.82, 2.24) is 4.90 Å². The molecule has 0 aliphatic heterocycles. The number of rotatable bonds is 5. The number of carbonyl (C=O) groups is 1. The summed E-state index contributed by atoms with van der Waals surface area (Å²) < 4.78 is 48.6. The van der Waals surface area contributed by atoms with Gasteiger partial charge in [-0.15, -0.1) is 0 Å². The standard InChI is InChI=1S/C30H28ClF3N2O2/c1-18-8-13-26-23(14-18)28(19-9-11-20(31)12-10-19)27(38-26)17-36(22-6-4-2-3-5-7-22)30(37)35-29-24(33)15-21(32)16-25(29)34/h8-16,22H,2-7,17H2,1H3,(H,35,37). The van der Waals surface area contributed by atoms with Crippen molar-refractivity contribution < 1.29 is 22.4 Å². The molecular formula is C30H28ClF3N2O2. The van der Waals surface area contributed by atoms with E-state index in [2.05, 4.69) is 5.32 Å². The van der Waals surface area contributed by atoms with Crippen LogP contribution in [-0.2, 0) is 6.54 Å². The maximum Gasteiger partial charge on any atom is 0.322 e. The molecule has 198 valence electrons. The average Bonchev–Trinajstić information content (AvgIpc) is 3.03. The van der Waals surface area contributed by atoms with Crippen molar-refractivity contribution in [2.24, 2.45) is 0 Å². The van der Waals surface area contributed by atoms with Gasteiger partial charge in [-0.25, -0.2) is 18.0 Å². The number of furan rings is 1. The van der Waals surface area contributed by atoms with Gasteiger partial charge in [0, 0.05) is 34.1 Å². The van der Waals surface area contributed by atoms with Gasteiger partial charge in [0.15, 0.2) is 11.6 Å². The molecule has 0 radical (unpaired) electrons. The molecule has 5 rings (SSSR count). The van der Waals surface area contributed by atoms with Crippen LogP contribution in [0.25, 0.3) is 22.1 Å². The Morgan fingerprint density at radius 3 is 2.29 bits per heavy atom. The minimum Gasteiger partial charge on any atom is -0.459 e. The first-order chi connectivity index (χ1) is 18.3. The molecule has 0 bridgehead atoms. The van der Waals surface area contributed by atoms with Gasteiger partial charge in [0.2, 0.25) is 0 Å². The zero-order chi connectivity index (χ0) is 26.8. The summed E-state index contributed by atoms with van der Waals surface area (Å²) in [5.74, 6) is -2.83. The first-order valence-electron chi connectivity index (χ1n) is 12.8. The van der Waals surface area contributed by atoms with Crippen LogP contribution in [0.5, 0.6) is 0 Å². The molecule has 1 fully saturated rings. The number of anilines is 1. The third-order valence-corrected chi connectivity index (χ3v) is 7.38. The predicted molar refractivity (Wildman–Crippen MR) is 144 cm³/mol. The quantitative estimate of drug-likeness (QED) is 0.256. The van der Waals surface area contributed by atoms with E-state index in [9.17, 15) is 18.0 Å². The van der Waals surface area contributed by atoms with E-state index in [0.717, 1.165) is 60.6 Å². The Hall–Kier alpha value is -3.45. The van der Waals surface area contributed by atoms with E-state index < -0.39 is 29.2 Å². The molecule has 1 aliphatic rings. The highest BCUT2D eigenvalue weighted by atomic mass is 35.5. The molecule has 0 atom stereocenters. The van der Waals surface area contributed by atoms with Crippen LogP contribution >= 0.6 is 11.6 Å². The number of hydrogen-bond acceptors (Lipinski definition) is 2. The van der Waals surface area contributed by atoms with Crippen LogP contribution in [0, 0.1) is 24.4 Å². The van der Waals surface area contributed by atoms with Crippen LogP contribution in [0.3, 0.4) is 0 Å². The number of benzene rings is 3. The monoisotopic (exact) mass is 540 g/mol. The van der Waals surface area contributed by atoms with Gasteiger partial charge in [0.1, 0.15) is 22.8 Å². The molecule has 1 N–H and O–H groups in total. The van der Waals surface area contributed by atoms with E-state index in [-0.39, 0.29) is 12.6 Å². The Kier molecular flexibility index (Phi) is 7.65. The number of nitrogens with zero attached hydrogens (tertiary/aromatic N) is 1. The molecule has 4 nitrogen and oxygen atoms in total. The summed E-state index contributed by atoms with van der Waals surface area (Å²) in [4.78, 5) is 15.2. The van der Waals surface area contributed by atoms with E-state index >= 15 is 0 Å². The summed E-state index contributed by atoms with van der Waals surface area (Å²) in [6.07, 6.45) is 5.53. The summed E-state index contributed by atoms with van der Waals surface area (Å²) in [6.45, 7) is 2.08. The average molecular weight is 541 g/mol. The SMILES string of the molecule is Cc1ccc2oc(CN(C(=O)Nc3c(F)cc(F)cc3F)C3CCCCCC3)c(-c3ccc(Cl)cc3)c2c1. The summed E-state index contributed by atoms with van der Waals surface area (Å²) in [7, 11) is 0. The molecule has 8 heteroatoms. The second-order valence-corrected chi connectivity index (χ2v) is 10.3. The zero-order valence-corrected chi connectivity index (χ0v) is 21.8. The molecule has 1 heterocycles. The second kappa shape index (κ2) is 11.1. The van der Waals surface area contributed by atoms with E-state index in [0.29, 0.717) is 28.5 Å². The first-order valence-corrected chi connectivity index (χ1v) is 13.2. The van der Waals surface area contributed by atoms with Crippen molar-refractivity contribution in [3.8, 4) is 11.1 Å². The molecule has 1 aliphatic carbocycles. The lowest BCUT2D eigenvalue weighted by Crippen LogP contribution is -2.42. The van der Waals surface area contributed by atoms with Gasteiger partial charge in [-0.2, -0.15) is 0 Å². The predicted octanol–water partition coefficient (Wildman–Crippen LogP) is 9.24. The molecule has 0 spiro atoms. The van der Waals surface area contributed by atoms with Crippen molar-refractivity contribution in [2.45, 2.75) is 58.0 Å². The number of urea groups is 1. The lowest BCUT2D eigenvalue weighted by Gasteiger charge is -2.31. The number of halogens is 4. The fraction of sp³-hybridized carbons (Fsp3) is 0.300. The van der Waals surface area contributed by atoms with Gasteiger partial charge in [-0.3, -0.25) is 0 Å². The van der Waals surface area contributed by atoms with E-state index in [4.69, 9.17) is 16.0 Å². The molecule has 38 heavy (non-hydrogen) atoms. The van der Waals surface area contributed by atoms with Gasteiger partial charge >= 0.3 is 6.03 Å². The highest BCUT2D eigenvalue weighted by Crippen LogP contribution is 2.38. The van der Waals surface area contributed by atoms with Crippen molar-refractivity contribution in [3.63, 3.8) is 0 Å². The van der Waals surface area contributed by atoms with Crippen LogP contribution < -0.4 is 5.32 Å². The minimum atomic E-state index is -1.17. The van der Waals surface area contributed by atoms with Gasteiger partial charge < -0.3 is 14.6 Å². The second-order valence-electron chi connectivity index (χ2n) is 9.85. The van der Waals surface area contributed by atoms with Gasteiger partial charge in [0.25, 0.3) is 0 Å². The molecule has 0 unspecified atom stereocenters. The number of amides is 2. The molecule has 3 aromatic carbocycles. The first kappa shape index (κ1) is 26.2. The summed E-state index contributed by atoms with van der Waals surface area (Å²) in [5.41, 5.74) is 2.78. The lowest BCUT2D eigenvalue weighted by molar-refractivity contribution is 0.169. The fourth-order valence-electron chi connectivity index (χ4n) is 5.24. The van der Waals surface area contributed by atoms with Crippen molar-refractivity contribution in [2.75, 3.05) is 5.32 Å². The van der Waals surface area contributed by atoms with Crippen LogP contribution in [0.1, 0.15) is 49.8 Å². The highest BCUT2D eigenvalue weighted by molar-refractivity contribution is 6.30. The van der Waals surface area contributed by atoms with Gasteiger partial charge in [0.05, 0.1) is 6.54 Å². The molecule has 1 aromatic heterocycles. The Morgan fingerprint density at radius 1 is 0.974 bits per heavy atom. The zero-order valence-electron chi connectivity index (χ0n) is 21.0. The van der Waals surface area contributed by atoms with Crippen molar-refractivity contribution >= 4 is 34.3 Å². The molecule has 2 amide bonds. The Bertz CT molecular complexity index is 1440. The number of aryl methyl sites for hydroxylation is 1. The Balaban J connectivity index is 1.57. The third-order valence-electron chi connectivity index (χ3n) is 7.13. The maximum absolute atomic E-state index is 14.4. The highest BCUT2D eigenvalue weighted by Gasteiger charge is 2.29. The molecule has 4 aromatic rings. The molecule has 1 saturated carbocycles. The smallest absolute Gasteiger partial charge is 0.322 e. The molecule has 0 saturated heterocycles. The van der Waals surface area contributed by atoms with E-state index in [1.54, 1.807) is 17.0 Å². The minimum absolute atomic E-state index is 0.0899. The normalized spacial score (nSPS) is 14.4. The van der Waals surface area contributed by atoms with Crippen LogP contribution in [-0.4, -0.2) is 17.0 Å². The Labute approximate surface area is 224 Å². The maximum atomic E-state index is 14.4. The van der Waals surface area contributed by atoms with Crippen LogP contribution in [0.15, 0.2) is 59.0 Å². The van der Waals surface area contributed by atoms with Crippen LogP contribution in [0.2, 0.25) is 5.02 Å². The number of carbonyl (C=O) groups excluding carboxylic acids is 1. The van der Waals surface area contributed by atoms with E-state index in [1.807, 2.05) is 37.3 Å². The summed E-state index contributed by atoms with van der Waals surface area (Å²) >= 11 is 6.14. The fourth-order valence-corrected chi connectivity index (χ4v) is 5.36. The Morgan fingerprint density at radius 2 is 1.63 bits per heavy atom. The van der Waals surface area contributed by atoms with Crippen molar-refractivity contribution in [3.05, 3.63) is 88.4 Å².